The van der Waals surface area contributed by atoms with Crippen LogP contribution in [0.4, 0.5) is 0 Å². The van der Waals surface area contributed by atoms with Gasteiger partial charge in [-0.3, -0.25) is 4.79 Å². The van der Waals surface area contributed by atoms with E-state index in [2.05, 4.69) is 0 Å². The lowest BCUT2D eigenvalue weighted by atomic mass is 9.74. The topological polar surface area (TPSA) is 52.6 Å². The summed E-state index contributed by atoms with van der Waals surface area (Å²) in [7, 11) is 1.58. The van der Waals surface area contributed by atoms with Gasteiger partial charge in [-0.15, -0.1) is 0 Å². The van der Waals surface area contributed by atoms with Crippen molar-refractivity contribution >= 4 is 11.8 Å². The molecule has 0 heterocycles. The fourth-order valence-electron chi connectivity index (χ4n) is 3.10. The fourth-order valence-corrected chi connectivity index (χ4v) is 3.10. The molecule has 126 valence electrons. The summed E-state index contributed by atoms with van der Waals surface area (Å²) in [6.07, 6.45) is 2.96. The van der Waals surface area contributed by atoms with E-state index in [1.807, 2.05) is 20.8 Å². The smallest absolute Gasteiger partial charge is 0.338 e. The summed E-state index contributed by atoms with van der Waals surface area (Å²) in [4.78, 5) is 24.8. The van der Waals surface area contributed by atoms with Gasteiger partial charge >= 0.3 is 5.97 Å². The first-order valence-corrected chi connectivity index (χ1v) is 8.20. The van der Waals surface area contributed by atoms with E-state index in [9.17, 15) is 9.59 Å². The maximum Gasteiger partial charge on any atom is 0.338 e. The fraction of sp³-hybridized carbons (Fsp3) is 0.579. The van der Waals surface area contributed by atoms with Gasteiger partial charge in [-0.2, -0.15) is 0 Å². The number of esters is 1. The second kappa shape index (κ2) is 7.16. The molecule has 2 atom stereocenters. The zero-order valence-electron chi connectivity index (χ0n) is 14.4. The molecule has 0 radical (unpaired) electrons. The van der Waals surface area contributed by atoms with Crippen molar-refractivity contribution in [3.05, 3.63) is 29.8 Å². The number of benzene rings is 1. The Morgan fingerprint density at radius 3 is 2.35 bits per heavy atom. The van der Waals surface area contributed by atoms with Crippen LogP contribution in [0.5, 0.6) is 5.75 Å². The average molecular weight is 318 g/mol. The van der Waals surface area contributed by atoms with E-state index in [4.69, 9.17) is 9.47 Å². The Morgan fingerprint density at radius 2 is 1.83 bits per heavy atom. The van der Waals surface area contributed by atoms with Crippen LogP contribution in [0.25, 0.3) is 0 Å². The number of hydrogen-bond donors (Lipinski definition) is 0. The van der Waals surface area contributed by atoms with Gasteiger partial charge in [0, 0.05) is 6.42 Å². The van der Waals surface area contributed by atoms with E-state index in [1.165, 1.54) is 0 Å². The number of ether oxygens (including phenoxy) is 2. The third-order valence-electron chi connectivity index (χ3n) is 4.38. The van der Waals surface area contributed by atoms with Gasteiger partial charge in [0.15, 0.2) is 0 Å². The first-order chi connectivity index (χ1) is 10.8. The highest BCUT2D eigenvalue weighted by Crippen LogP contribution is 2.35. The average Bonchev–Trinajstić information content (AvgIpc) is 2.52. The summed E-state index contributed by atoms with van der Waals surface area (Å²) in [5.74, 6) is 0.340. The van der Waals surface area contributed by atoms with Gasteiger partial charge in [-0.1, -0.05) is 27.2 Å². The highest BCUT2D eigenvalue weighted by Gasteiger charge is 2.40. The molecule has 0 amide bonds. The molecule has 1 aliphatic carbocycles. The maximum atomic E-state index is 12.5. The molecule has 1 aromatic rings. The molecule has 0 N–H and O–H groups in total. The van der Waals surface area contributed by atoms with Crippen molar-refractivity contribution in [2.45, 2.75) is 52.6 Å². The number of Topliss-reactive ketones (excluding diaryl/α,β-unsaturated/α-hetero) is 1. The summed E-state index contributed by atoms with van der Waals surface area (Å²) < 4.78 is 10.9. The molecular formula is C19H26O4. The second-order valence-corrected chi connectivity index (χ2v) is 7.24. The molecule has 23 heavy (non-hydrogen) atoms. The maximum absolute atomic E-state index is 12.5. The minimum absolute atomic E-state index is 0.189. The standard InChI is InChI=1S/C19H26O4/c1-19(2,3)17(15-7-5-6-8-16(15)20)23-18(21)13-9-11-14(22-4)12-10-13/h9-12,15,17H,5-8H2,1-4H3. The van der Waals surface area contributed by atoms with Crippen LogP contribution in [0.1, 0.15) is 56.8 Å². The van der Waals surface area contributed by atoms with Crippen LogP contribution < -0.4 is 4.74 Å². The first kappa shape index (κ1) is 17.5. The quantitative estimate of drug-likeness (QED) is 0.787. The summed E-state index contributed by atoms with van der Waals surface area (Å²) in [6.45, 7) is 6.04. The van der Waals surface area contributed by atoms with Crippen molar-refractivity contribution in [2.75, 3.05) is 7.11 Å². The minimum Gasteiger partial charge on any atom is -0.497 e. The lowest BCUT2D eigenvalue weighted by molar-refractivity contribution is -0.132. The molecule has 2 unspecified atom stereocenters. The Morgan fingerprint density at radius 1 is 1.17 bits per heavy atom. The Bertz CT molecular complexity index is 554. The van der Waals surface area contributed by atoms with Gasteiger partial charge in [0.1, 0.15) is 17.6 Å². The van der Waals surface area contributed by atoms with Crippen molar-refractivity contribution in [1.29, 1.82) is 0 Å². The summed E-state index contributed by atoms with van der Waals surface area (Å²) in [5.41, 5.74) is 0.197. The summed E-state index contributed by atoms with van der Waals surface area (Å²) in [6, 6.07) is 6.83. The molecule has 4 heteroatoms. The molecule has 0 aliphatic heterocycles. The Hall–Kier alpha value is -1.84. The molecule has 0 saturated heterocycles. The van der Waals surface area contributed by atoms with Gasteiger partial charge in [0.25, 0.3) is 0 Å². The van der Waals surface area contributed by atoms with E-state index in [-0.39, 0.29) is 23.1 Å². The van der Waals surface area contributed by atoms with Gasteiger partial charge in [-0.25, -0.2) is 4.79 Å². The van der Waals surface area contributed by atoms with Gasteiger partial charge in [0.05, 0.1) is 18.6 Å². The third-order valence-corrected chi connectivity index (χ3v) is 4.38. The normalized spacial score (nSPS) is 20.0. The number of hydrogen-bond acceptors (Lipinski definition) is 4. The molecule has 0 spiro atoms. The Kier molecular flexibility index (Phi) is 5.45. The highest BCUT2D eigenvalue weighted by atomic mass is 16.5. The zero-order valence-corrected chi connectivity index (χ0v) is 14.4. The Balaban J connectivity index is 2.16. The second-order valence-electron chi connectivity index (χ2n) is 7.24. The van der Waals surface area contributed by atoms with Crippen LogP contribution in [-0.2, 0) is 9.53 Å². The molecule has 1 aromatic carbocycles. The number of methoxy groups -OCH3 is 1. The molecule has 0 bridgehead atoms. The van der Waals surface area contributed by atoms with Crippen molar-refractivity contribution < 1.29 is 19.1 Å². The molecule has 2 rings (SSSR count). The van der Waals surface area contributed by atoms with Crippen LogP contribution in [0, 0.1) is 11.3 Å². The Labute approximate surface area is 138 Å². The van der Waals surface area contributed by atoms with E-state index < -0.39 is 6.10 Å². The molecule has 4 nitrogen and oxygen atoms in total. The monoisotopic (exact) mass is 318 g/mol. The molecule has 1 fully saturated rings. The van der Waals surface area contributed by atoms with Crippen LogP contribution in [0.2, 0.25) is 0 Å². The van der Waals surface area contributed by atoms with E-state index in [0.29, 0.717) is 17.7 Å². The minimum atomic E-state index is -0.398. The zero-order chi connectivity index (χ0) is 17.0. The molecule has 0 aromatic heterocycles. The third kappa shape index (κ3) is 4.34. The van der Waals surface area contributed by atoms with Gasteiger partial charge in [0.2, 0.25) is 0 Å². The number of carbonyl (C=O) groups excluding carboxylic acids is 2. The van der Waals surface area contributed by atoms with E-state index >= 15 is 0 Å². The van der Waals surface area contributed by atoms with Crippen LogP contribution in [-0.4, -0.2) is 25.0 Å². The summed E-state index contributed by atoms with van der Waals surface area (Å²) >= 11 is 0. The van der Waals surface area contributed by atoms with Crippen LogP contribution in [0.15, 0.2) is 24.3 Å². The van der Waals surface area contributed by atoms with E-state index in [1.54, 1.807) is 31.4 Å². The first-order valence-electron chi connectivity index (χ1n) is 8.20. The molecular weight excluding hydrogens is 292 g/mol. The van der Waals surface area contributed by atoms with Crippen molar-refractivity contribution in [1.82, 2.24) is 0 Å². The van der Waals surface area contributed by atoms with Crippen LogP contribution >= 0.6 is 0 Å². The molecule has 1 aliphatic rings. The predicted molar refractivity (Wildman–Crippen MR) is 88.6 cm³/mol. The largest absolute Gasteiger partial charge is 0.497 e. The van der Waals surface area contributed by atoms with Crippen molar-refractivity contribution in [3.63, 3.8) is 0 Å². The van der Waals surface area contributed by atoms with E-state index in [0.717, 1.165) is 19.3 Å². The predicted octanol–water partition coefficient (Wildman–Crippen LogP) is 4.03. The van der Waals surface area contributed by atoms with Gasteiger partial charge < -0.3 is 9.47 Å². The number of rotatable bonds is 4. The number of carbonyl (C=O) groups is 2. The van der Waals surface area contributed by atoms with Crippen molar-refractivity contribution in [2.24, 2.45) is 11.3 Å². The van der Waals surface area contributed by atoms with Crippen LogP contribution in [0.3, 0.4) is 0 Å². The van der Waals surface area contributed by atoms with Gasteiger partial charge in [-0.05, 0) is 42.5 Å². The number of ketones is 1. The van der Waals surface area contributed by atoms with Crippen molar-refractivity contribution in [3.8, 4) is 5.75 Å². The molecule has 1 saturated carbocycles. The SMILES string of the molecule is COc1ccc(C(=O)OC(C2CCCCC2=O)C(C)(C)C)cc1. The lowest BCUT2D eigenvalue weighted by Crippen LogP contribution is -2.43. The lowest BCUT2D eigenvalue weighted by Gasteiger charge is -2.37. The summed E-state index contributed by atoms with van der Waals surface area (Å²) in [5, 5.41) is 0. The highest BCUT2D eigenvalue weighted by molar-refractivity contribution is 5.90.